The minimum absolute atomic E-state index is 0.420. The third kappa shape index (κ3) is 4.05. The Morgan fingerprint density at radius 1 is 1.27 bits per heavy atom. The van der Waals surface area contributed by atoms with Gasteiger partial charge in [0.05, 0.1) is 18.2 Å². The molecular formula is C17H19ClN3O3S2+. The fourth-order valence-corrected chi connectivity index (χ4v) is 5.06. The number of rotatable bonds is 6. The van der Waals surface area contributed by atoms with E-state index in [-0.39, 0.29) is 0 Å². The number of aliphatic hydroxyl groups excluding tert-OH is 1. The first-order valence-electron chi connectivity index (χ1n) is 8.44. The zero-order chi connectivity index (χ0) is 17.9. The molecule has 138 valence electrons. The number of hydrogen-bond donors (Lipinski definition) is 2. The van der Waals surface area contributed by atoms with E-state index in [0.717, 1.165) is 41.3 Å². The minimum atomic E-state index is -0.420. The van der Waals surface area contributed by atoms with Crippen LogP contribution in [-0.2, 0) is 4.74 Å². The minimum Gasteiger partial charge on any atom is -0.410 e. The summed E-state index contributed by atoms with van der Waals surface area (Å²) in [7, 11) is 0. The predicted octanol–water partition coefficient (Wildman–Crippen LogP) is 1.97. The SMILES string of the molecule is O[C@@H](CSc1nnc(-c2sc3ccccc3c2Cl)o1)C[NH+]1CCOCC1. The van der Waals surface area contributed by atoms with Crippen LogP contribution in [0.3, 0.4) is 0 Å². The maximum absolute atomic E-state index is 10.2. The van der Waals surface area contributed by atoms with Gasteiger partial charge in [0.15, 0.2) is 0 Å². The van der Waals surface area contributed by atoms with Gasteiger partial charge in [-0.15, -0.1) is 21.5 Å². The standard InChI is InChI=1S/C17H18ClN3O3S2/c18-14-12-3-1-2-4-13(12)26-15(14)16-19-20-17(24-16)25-10-11(22)9-21-5-7-23-8-6-21/h1-4,11,22H,5-10H2/p+1/t11-/m1/s1. The Bertz CT molecular complexity index is 879. The van der Waals surface area contributed by atoms with E-state index in [1.54, 1.807) is 0 Å². The lowest BCUT2D eigenvalue weighted by Crippen LogP contribution is -3.15. The average molecular weight is 413 g/mol. The van der Waals surface area contributed by atoms with Crippen LogP contribution in [0.2, 0.25) is 5.02 Å². The van der Waals surface area contributed by atoms with E-state index in [4.69, 9.17) is 20.8 Å². The summed E-state index contributed by atoms with van der Waals surface area (Å²) >= 11 is 9.37. The van der Waals surface area contributed by atoms with Gasteiger partial charge in [-0.2, -0.15) is 0 Å². The molecular weight excluding hydrogens is 394 g/mol. The Hall–Kier alpha value is -1.16. The molecule has 2 N–H and O–H groups in total. The van der Waals surface area contributed by atoms with Crippen LogP contribution in [0.15, 0.2) is 33.9 Å². The van der Waals surface area contributed by atoms with Gasteiger partial charge >= 0.3 is 0 Å². The summed E-state index contributed by atoms with van der Waals surface area (Å²) < 4.78 is 12.2. The number of ether oxygens (including phenoxy) is 1. The largest absolute Gasteiger partial charge is 0.410 e. The van der Waals surface area contributed by atoms with Crippen LogP contribution >= 0.6 is 34.7 Å². The molecule has 0 aliphatic carbocycles. The number of quaternary nitrogens is 1. The number of benzene rings is 1. The number of halogens is 1. The molecule has 1 aliphatic rings. The Morgan fingerprint density at radius 2 is 2.08 bits per heavy atom. The number of thioether (sulfide) groups is 1. The van der Waals surface area contributed by atoms with E-state index in [0.29, 0.717) is 28.4 Å². The maximum Gasteiger partial charge on any atom is 0.276 e. The maximum atomic E-state index is 10.2. The second-order valence-corrected chi connectivity index (χ2v) is 8.55. The van der Waals surface area contributed by atoms with Crippen LogP contribution in [-0.4, -0.2) is 60.0 Å². The summed E-state index contributed by atoms with van der Waals surface area (Å²) in [6.07, 6.45) is -0.420. The van der Waals surface area contributed by atoms with Gasteiger partial charge in [-0.25, -0.2) is 0 Å². The highest BCUT2D eigenvalue weighted by molar-refractivity contribution is 7.99. The fraction of sp³-hybridized carbons (Fsp3) is 0.412. The van der Waals surface area contributed by atoms with E-state index >= 15 is 0 Å². The molecule has 4 rings (SSSR count). The van der Waals surface area contributed by atoms with E-state index in [9.17, 15) is 5.11 Å². The number of hydrogen-bond acceptors (Lipinski definition) is 7. The Labute approximate surface area is 164 Å². The molecule has 1 aromatic carbocycles. The van der Waals surface area contributed by atoms with Crippen LogP contribution in [0, 0.1) is 0 Å². The molecule has 0 amide bonds. The predicted molar refractivity (Wildman–Crippen MR) is 103 cm³/mol. The molecule has 6 nitrogen and oxygen atoms in total. The molecule has 1 aliphatic heterocycles. The average Bonchev–Trinajstić information content (AvgIpc) is 3.26. The van der Waals surface area contributed by atoms with Crippen molar-refractivity contribution in [3.63, 3.8) is 0 Å². The van der Waals surface area contributed by atoms with Gasteiger partial charge in [0.25, 0.3) is 11.1 Å². The topological polar surface area (TPSA) is 72.8 Å². The number of aliphatic hydroxyl groups is 1. The molecule has 0 spiro atoms. The third-order valence-electron chi connectivity index (χ3n) is 4.26. The van der Waals surface area contributed by atoms with Crippen LogP contribution in [0.25, 0.3) is 20.9 Å². The normalized spacial score (nSPS) is 17.0. The van der Waals surface area contributed by atoms with Crippen molar-refractivity contribution < 1.29 is 19.2 Å². The highest BCUT2D eigenvalue weighted by Gasteiger charge is 2.21. The molecule has 1 fully saturated rings. The van der Waals surface area contributed by atoms with Crippen LogP contribution < -0.4 is 4.90 Å². The zero-order valence-corrected chi connectivity index (χ0v) is 16.4. The van der Waals surface area contributed by atoms with Gasteiger partial charge in [-0.3, -0.25) is 0 Å². The Morgan fingerprint density at radius 3 is 2.88 bits per heavy atom. The lowest BCUT2D eigenvalue weighted by Gasteiger charge is -2.25. The first-order chi connectivity index (χ1) is 12.7. The van der Waals surface area contributed by atoms with Crippen molar-refractivity contribution in [3.05, 3.63) is 29.3 Å². The van der Waals surface area contributed by atoms with Crippen LogP contribution in [0.1, 0.15) is 0 Å². The fourth-order valence-electron chi connectivity index (χ4n) is 2.94. The molecule has 26 heavy (non-hydrogen) atoms. The molecule has 0 unspecified atom stereocenters. The monoisotopic (exact) mass is 412 g/mol. The lowest BCUT2D eigenvalue weighted by molar-refractivity contribution is -0.910. The summed E-state index contributed by atoms with van der Waals surface area (Å²) in [5.41, 5.74) is 0. The van der Waals surface area contributed by atoms with E-state index < -0.39 is 6.10 Å². The van der Waals surface area contributed by atoms with Crippen molar-refractivity contribution in [2.45, 2.75) is 11.3 Å². The number of nitrogens with one attached hydrogen (secondary N) is 1. The smallest absolute Gasteiger partial charge is 0.276 e. The second kappa shape index (κ2) is 8.24. The number of morpholine rings is 1. The summed E-state index contributed by atoms with van der Waals surface area (Å²) in [4.78, 5) is 2.15. The highest BCUT2D eigenvalue weighted by atomic mass is 35.5. The number of nitrogens with zero attached hydrogens (tertiary/aromatic N) is 2. The molecule has 0 bridgehead atoms. The quantitative estimate of drug-likeness (QED) is 0.603. The highest BCUT2D eigenvalue weighted by Crippen LogP contribution is 2.41. The molecule has 3 aromatic rings. The summed E-state index contributed by atoms with van der Waals surface area (Å²) in [6, 6.07) is 7.93. The van der Waals surface area contributed by atoms with Gasteiger partial charge in [-0.1, -0.05) is 41.6 Å². The molecule has 0 saturated carbocycles. The summed E-state index contributed by atoms with van der Waals surface area (Å²) in [6.45, 7) is 4.11. The number of thiophene rings is 1. The Balaban J connectivity index is 1.39. The first kappa shape index (κ1) is 18.2. The van der Waals surface area contributed by atoms with Crippen molar-refractivity contribution >= 4 is 44.8 Å². The van der Waals surface area contributed by atoms with Gasteiger partial charge in [0.1, 0.15) is 30.6 Å². The lowest BCUT2D eigenvalue weighted by atomic mass is 10.2. The van der Waals surface area contributed by atoms with Crippen molar-refractivity contribution in [2.75, 3.05) is 38.6 Å². The van der Waals surface area contributed by atoms with Crippen LogP contribution in [0.4, 0.5) is 0 Å². The molecule has 2 aromatic heterocycles. The van der Waals surface area contributed by atoms with Gasteiger partial charge in [0.2, 0.25) is 0 Å². The summed E-state index contributed by atoms with van der Waals surface area (Å²) in [5, 5.41) is 20.5. The summed E-state index contributed by atoms with van der Waals surface area (Å²) in [5.74, 6) is 0.943. The van der Waals surface area contributed by atoms with Crippen molar-refractivity contribution in [1.29, 1.82) is 0 Å². The van der Waals surface area contributed by atoms with E-state index in [1.165, 1.54) is 28.0 Å². The zero-order valence-electron chi connectivity index (χ0n) is 14.0. The van der Waals surface area contributed by atoms with Crippen molar-refractivity contribution in [2.24, 2.45) is 0 Å². The number of aromatic nitrogens is 2. The molecule has 9 heteroatoms. The second-order valence-electron chi connectivity index (χ2n) is 6.15. The van der Waals surface area contributed by atoms with Crippen molar-refractivity contribution in [1.82, 2.24) is 10.2 Å². The Kier molecular flexibility index (Phi) is 5.78. The van der Waals surface area contributed by atoms with E-state index in [1.807, 2.05) is 24.3 Å². The van der Waals surface area contributed by atoms with Crippen molar-refractivity contribution in [3.8, 4) is 10.8 Å². The van der Waals surface area contributed by atoms with Gasteiger partial charge in [0, 0.05) is 15.8 Å². The van der Waals surface area contributed by atoms with Gasteiger partial charge < -0.3 is 19.2 Å². The molecule has 3 heterocycles. The number of fused-ring (bicyclic) bond motifs is 1. The van der Waals surface area contributed by atoms with E-state index in [2.05, 4.69) is 10.2 Å². The van der Waals surface area contributed by atoms with Crippen LogP contribution in [0.5, 0.6) is 0 Å². The molecule has 1 saturated heterocycles. The van der Waals surface area contributed by atoms with Gasteiger partial charge in [-0.05, 0) is 6.07 Å². The third-order valence-corrected chi connectivity index (χ3v) is 6.89. The molecule has 0 radical (unpaired) electrons. The first-order valence-corrected chi connectivity index (χ1v) is 10.6. The molecule has 1 atom stereocenters.